The van der Waals surface area contributed by atoms with Gasteiger partial charge < -0.3 is 10.2 Å². The van der Waals surface area contributed by atoms with E-state index in [-0.39, 0.29) is 0 Å². The smallest absolute Gasteiger partial charge is 0.0985 e. The number of nitrogens with zero attached hydrogens (tertiary/aromatic N) is 1. The molecule has 0 saturated carbocycles. The molecule has 106 valence electrons. The first-order valence-electron chi connectivity index (χ1n) is 7.13. The molecule has 0 bridgehead atoms. The molecule has 2 nitrogen and oxygen atoms in total. The molecule has 2 heterocycles. The lowest BCUT2D eigenvalue weighted by atomic mass is 10.3. The van der Waals surface area contributed by atoms with Gasteiger partial charge in [-0.05, 0) is 37.3 Å². The SMILES string of the molecule is CCN1C(=CC2Nc3ccccc3S2)Sc2ccccc21. The van der Waals surface area contributed by atoms with E-state index in [0.29, 0.717) is 5.37 Å². The molecule has 2 aliphatic rings. The van der Waals surface area contributed by atoms with Gasteiger partial charge in [-0.25, -0.2) is 0 Å². The molecule has 1 N–H and O–H groups in total. The first-order valence-corrected chi connectivity index (χ1v) is 8.83. The second-order valence-electron chi connectivity index (χ2n) is 5.00. The summed E-state index contributed by atoms with van der Waals surface area (Å²) in [4.78, 5) is 5.08. The van der Waals surface area contributed by atoms with E-state index in [4.69, 9.17) is 0 Å². The predicted octanol–water partition coefficient (Wildman–Crippen LogP) is 5.00. The van der Waals surface area contributed by atoms with E-state index in [1.165, 1.54) is 26.2 Å². The quantitative estimate of drug-likeness (QED) is 0.838. The lowest BCUT2D eigenvalue weighted by Crippen LogP contribution is -2.18. The molecule has 4 rings (SSSR count). The van der Waals surface area contributed by atoms with Gasteiger partial charge in [-0.3, -0.25) is 0 Å². The van der Waals surface area contributed by atoms with Crippen molar-refractivity contribution in [1.29, 1.82) is 0 Å². The zero-order chi connectivity index (χ0) is 14.2. The summed E-state index contributed by atoms with van der Waals surface area (Å²) in [6.45, 7) is 3.21. The Morgan fingerprint density at radius 1 is 1.10 bits per heavy atom. The average Bonchev–Trinajstić information content (AvgIpc) is 3.06. The van der Waals surface area contributed by atoms with Crippen molar-refractivity contribution in [3.8, 4) is 0 Å². The van der Waals surface area contributed by atoms with Crippen LogP contribution in [0.5, 0.6) is 0 Å². The predicted molar refractivity (Wildman–Crippen MR) is 93.1 cm³/mol. The summed E-state index contributed by atoms with van der Waals surface area (Å²) >= 11 is 3.75. The fourth-order valence-electron chi connectivity index (χ4n) is 2.72. The largest absolute Gasteiger partial charge is 0.369 e. The van der Waals surface area contributed by atoms with Gasteiger partial charge in [0.25, 0.3) is 0 Å². The number of hydrogen-bond acceptors (Lipinski definition) is 4. The Labute approximate surface area is 133 Å². The standard InChI is InChI=1S/C17H16N2S2/c1-2-19-13-8-4-6-10-15(13)21-17(19)11-16-18-12-7-3-5-9-14(12)20-16/h3-11,16,18H,2H2,1H3. The molecule has 4 heteroatoms. The van der Waals surface area contributed by atoms with Crippen LogP contribution in [0.2, 0.25) is 0 Å². The van der Waals surface area contributed by atoms with Gasteiger partial charge in [0, 0.05) is 22.0 Å². The summed E-state index contributed by atoms with van der Waals surface area (Å²) < 4.78 is 0. The van der Waals surface area contributed by atoms with Crippen LogP contribution in [-0.4, -0.2) is 11.9 Å². The van der Waals surface area contributed by atoms with Gasteiger partial charge in [0.1, 0.15) is 0 Å². The zero-order valence-corrected chi connectivity index (χ0v) is 13.4. The van der Waals surface area contributed by atoms with Crippen molar-refractivity contribution in [2.45, 2.75) is 22.1 Å². The Kier molecular flexibility index (Phi) is 3.36. The van der Waals surface area contributed by atoms with E-state index >= 15 is 0 Å². The van der Waals surface area contributed by atoms with Crippen molar-refractivity contribution in [2.24, 2.45) is 0 Å². The van der Waals surface area contributed by atoms with Crippen LogP contribution in [0, 0.1) is 0 Å². The van der Waals surface area contributed by atoms with Crippen LogP contribution in [0.3, 0.4) is 0 Å². The third-order valence-corrected chi connectivity index (χ3v) is 5.93. The molecular weight excluding hydrogens is 296 g/mol. The topological polar surface area (TPSA) is 15.3 Å². The van der Waals surface area contributed by atoms with Gasteiger partial charge in [-0.15, -0.1) is 0 Å². The van der Waals surface area contributed by atoms with Crippen molar-refractivity contribution in [3.63, 3.8) is 0 Å². The molecule has 0 spiro atoms. The number of para-hydroxylation sites is 2. The van der Waals surface area contributed by atoms with Crippen molar-refractivity contribution in [3.05, 3.63) is 59.6 Å². The lowest BCUT2D eigenvalue weighted by molar-refractivity contribution is 0.995. The van der Waals surface area contributed by atoms with Gasteiger partial charge >= 0.3 is 0 Å². The van der Waals surface area contributed by atoms with E-state index < -0.39 is 0 Å². The highest BCUT2D eigenvalue weighted by molar-refractivity contribution is 8.04. The molecular formula is C17H16N2S2. The second kappa shape index (κ2) is 5.35. The average molecular weight is 312 g/mol. The van der Waals surface area contributed by atoms with Gasteiger partial charge in [0.2, 0.25) is 0 Å². The summed E-state index contributed by atoms with van der Waals surface area (Å²) in [7, 11) is 0. The van der Waals surface area contributed by atoms with Crippen LogP contribution >= 0.6 is 23.5 Å². The Balaban J connectivity index is 1.61. The summed E-state index contributed by atoms with van der Waals surface area (Å²) in [6, 6.07) is 17.1. The van der Waals surface area contributed by atoms with Crippen molar-refractivity contribution in [2.75, 3.05) is 16.8 Å². The number of benzene rings is 2. The molecule has 0 amide bonds. The van der Waals surface area contributed by atoms with Crippen molar-refractivity contribution >= 4 is 34.9 Å². The molecule has 0 fully saturated rings. The molecule has 0 radical (unpaired) electrons. The maximum absolute atomic E-state index is 3.58. The molecule has 0 aromatic heterocycles. The van der Waals surface area contributed by atoms with E-state index in [1.807, 2.05) is 23.5 Å². The number of fused-ring (bicyclic) bond motifs is 2. The molecule has 2 aromatic carbocycles. The van der Waals surface area contributed by atoms with Gasteiger partial charge in [0.15, 0.2) is 0 Å². The molecule has 0 aliphatic carbocycles. The lowest BCUT2D eigenvalue weighted by Gasteiger charge is -2.19. The van der Waals surface area contributed by atoms with Gasteiger partial charge in [-0.1, -0.05) is 47.8 Å². The number of rotatable bonds is 2. The minimum Gasteiger partial charge on any atom is -0.369 e. The molecule has 1 atom stereocenters. The van der Waals surface area contributed by atoms with Gasteiger partial charge in [-0.2, -0.15) is 0 Å². The summed E-state index contributed by atoms with van der Waals surface area (Å²) in [5.41, 5.74) is 2.57. The summed E-state index contributed by atoms with van der Waals surface area (Å²) in [5.74, 6) is 0. The Hall–Kier alpha value is -1.52. The Morgan fingerprint density at radius 3 is 2.67 bits per heavy atom. The van der Waals surface area contributed by atoms with Crippen LogP contribution in [0.25, 0.3) is 0 Å². The molecule has 2 aliphatic heterocycles. The zero-order valence-electron chi connectivity index (χ0n) is 11.7. The summed E-state index contributed by atoms with van der Waals surface area (Å²) in [5, 5.41) is 5.22. The highest BCUT2D eigenvalue weighted by Gasteiger charge is 2.26. The summed E-state index contributed by atoms with van der Waals surface area (Å²) in [6.07, 6.45) is 2.35. The molecule has 21 heavy (non-hydrogen) atoms. The van der Waals surface area contributed by atoms with E-state index in [9.17, 15) is 0 Å². The number of thioether (sulfide) groups is 2. The van der Waals surface area contributed by atoms with Crippen LogP contribution in [0.4, 0.5) is 11.4 Å². The number of anilines is 2. The number of nitrogens with one attached hydrogen (secondary N) is 1. The van der Waals surface area contributed by atoms with Crippen LogP contribution < -0.4 is 10.2 Å². The fraction of sp³-hybridized carbons (Fsp3) is 0.176. The Bertz CT molecular complexity index is 686. The molecule has 2 aromatic rings. The monoisotopic (exact) mass is 312 g/mol. The number of hydrogen-bond donors (Lipinski definition) is 1. The molecule has 0 saturated heterocycles. The normalized spacial score (nSPS) is 21.3. The van der Waals surface area contributed by atoms with Crippen molar-refractivity contribution < 1.29 is 0 Å². The van der Waals surface area contributed by atoms with Crippen LogP contribution in [0.15, 0.2) is 69.4 Å². The Morgan fingerprint density at radius 2 is 1.86 bits per heavy atom. The van der Waals surface area contributed by atoms with E-state index in [1.54, 1.807) is 0 Å². The maximum Gasteiger partial charge on any atom is 0.0985 e. The highest BCUT2D eigenvalue weighted by atomic mass is 32.2. The highest BCUT2D eigenvalue weighted by Crippen LogP contribution is 2.47. The minimum absolute atomic E-state index is 0.313. The maximum atomic E-state index is 3.58. The van der Waals surface area contributed by atoms with E-state index in [0.717, 1.165) is 6.54 Å². The fourth-order valence-corrected chi connectivity index (χ4v) is 5.07. The van der Waals surface area contributed by atoms with Crippen molar-refractivity contribution in [1.82, 2.24) is 0 Å². The first-order chi connectivity index (χ1) is 10.3. The third kappa shape index (κ3) is 2.32. The minimum atomic E-state index is 0.313. The van der Waals surface area contributed by atoms with Crippen LogP contribution in [-0.2, 0) is 0 Å². The first kappa shape index (κ1) is 13.2. The third-order valence-electron chi connectivity index (χ3n) is 3.69. The van der Waals surface area contributed by atoms with Gasteiger partial charge in [0.05, 0.1) is 16.1 Å². The van der Waals surface area contributed by atoms with Crippen LogP contribution in [0.1, 0.15) is 6.92 Å². The molecule has 1 unspecified atom stereocenters. The van der Waals surface area contributed by atoms with E-state index in [2.05, 4.69) is 71.7 Å². The second-order valence-corrected chi connectivity index (χ2v) is 7.24.